The maximum absolute atomic E-state index is 14.5. The summed E-state index contributed by atoms with van der Waals surface area (Å²) in [4.78, 5) is 211. The van der Waals surface area contributed by atoms with Gasteiger partial charge in [0.1, 0.15) is 18.7 Å². The highest BCUT2D eigenvalue weighted by molar-refractivity contribution is 6.02. The van der Waals surface area contributed by atoms with E-state index in [0.717, 1.165) is 89.3 Å². The lowest BCUT2D eigenvalue weighted by atomic mass is 9.90. The molecule has 0 saturated carbocycles. The number of nitrogens with zero attached hydrogens (tertiary/aromatic N) is 4. The van der Waals surface area contributed by atoms with E-state index in [0.29, 0.717) is 127 Å². The van der Waals surface area contributed by atoms with E-state index in [4.69, 9.17) is 25.9 Å². The van der Waals surface area contributed by atoms with Crippen molar-refractivity contribution in [2.45, 2.75) is 251 Å². The summed E-state index contributed by atoms with van der Waals surface area (Å²) >= 11 is 0. The monoisotopic (exact) mass is 1800 g/mol. The number of ether oxygens (including phenoxy) is 3. The summed E-state index contributed by atoms with van der Waals surface area (Å²) < 4.78 is 14.4. The molecule has 9 amide bonds. The van der Waals surface area contributed by atoms with Crippen LogP contribution in [0.1, 0.15) is 233 Å². The number of Topliss-reactive ketones (excluding diaryl/α,β-unsaturated/α-hetero) is 4. The quantitative estimate of drug-likeness (QED) is 0.00823. The normalized spacial score (nSPS) is 17.1. The number of hydrogen-bond donors (Lipinski definition) is 7. The molecule has 31 nitrogen and oxygen atoms in total. The van der Waals surface area contributed by atoms with Crippen molar-refractivity contribution < 1.29 is 95.8 Å². The van der Waals surface area contributed by atoms with Crippen LogP contribution in [0.25, 0.3) is 22.3 Å². The Balaban J connectivity index is 0.000000325. The third kappa shape index (κ3) is 32.6. The summed E-state index contributed by atoms with van der Waals surface area (Å²) in [7, 11) is 2.40. The average Bonchev–Trinajstić information content (AvgIpc) is 0.975. The van der Waals surface area contributed by atoms with Crippen LogP contribution in [0.15, 0.2) is 127 Å². The Morgan fingerprint density at radius 1 is 0.438 bits per heavy atom. The fourth-order valence-corrected chi connectivity index (χ4v) is 16.2. The molecule has 10 atom stereocenters. The van der Waals surface area contributed by atoms with Crippen molar-refractivity contribution >= 4 is 88.4 Å². The molecular formula is C99H135N11O20. The first-order valence-corrected chi connectivity index (χ1v) is 46.4. The average molecular weight is 1800 g/mol. The zero-order chi connectivity index (χ0) is 94.0. The van der Waals surface area contributed by atoms with E-state index in [9.17, 15) is 71.9 Å². The first kappa shape index (κ1) is 104. The molecular weight excluding hydrogens is 1660 g/mol. The Labute approximate surface area is 763 Å². The number of hydroxylamine groups is 4. The van der Waals surface area contributed by atoms with Gasteiger partial charge in [-0.2, -0.15) is 0 Å². The molecule has 4 aliphatic rings. The molecule has 130 heavy (non-hydrogen) atoms. The molecule has 4 saturated heterocycles. The van der Waals surface area contributed by atoms with E-state index in [-0.39, 0.29) is 87.4 Å². The summed E-state index contributed by atoms with van der Waals surface area (Å²) in [6.07, 6.45) is 14.5. The predicted molar refractivity (Wildman–Crippen MR) is 488 cm³/mol. The van der Waals surface area contributed by atoms with Crippen LogP contribution in [-0.4, -0.2) is 218 Å². The van der Waals surface area contributed by atoms with E-state index in [1.54, 1.807) is 38.1 Å². The minimum Gasteiger partial charge on any atom is -0.467 e. The van der Waals surface area contributed by atoms with Gasteiger partial charge in [-0.15, -0.1) is 0 Å². The largest absolute Gasteiger partial charge is 0.467 e. The molecule has 9 N–H and O–H groups in total. The van der Waals surface area contributed by atoms with Crippen LogP contribution in [-0.2, 0) is 101 Å². The number of carbonyl (C=O) groups excluding carboxylic acids is 15. The number of methoxy groups -OCH3 is 2. The van der Waals surface area contributed by atoms with Crippen molar-refractivity contribution in [3.63, 3.8) is 0 Å². The summed E-state index contributed by atoms with van der Waals surface area (Å²) in [5, 5.41) is 16.3. The van der Waals surface area contributed by atoms with E-state index >= 15 is 0 Å². The lowest BCUT2D eigenvalue weighted by Gasteiger charge is -2.36. The second-order valence-electron chi connectivity index (χ2n) is 34.2. The lowest BCUT2D eigenvalue weighted by molar-refractivity contribution is -0.224. The Bertz CT molecular complexity index is 4550. The fourth-order valence-electron chi connectivity index (χ4n) is 16.2. The molecule has 0 unspecified atom stereocenters. The topological polar surface area (TPSA) is 427 Å². The highest BCUT2D eigenvalue weighted by Crippen LogP contribution is 2.31. The minimum atomic E-state index is -0.981. The van der Waals surface area contributed by atoms with Crippen LogP contribution in [0.4, 0.5) is 4.79 Å². The van der Waals surface area contributed by atoms with E-state index in [1.165, 1.54) is 35.1 Å². The highest BCUT2D eigenvalue weighted by atomic mass is 16.7. The number of nitrogens with two attached hydrogens (primary N) is 2. The van der Waals surface area contributed by atoms with Crippen LogP contribution in [0.3, 0.4) is 0 Å². The number of ketones is 4. The number of β-lactam (4-membered cyclic amide) rings is 2. The third-order valence-corrected chi connectivity index (χ3v) is 24.2. The second kappa shape index (κ2) is 54.9. The second-order valence-corrected chi connectivity index (χ2v) is 34.2. The Kier molecular flexibility index (Phi) is 43.9. The zero-order valence-electron chi connectivity index (χ0n) is 76.7. The summed E-state index contributed by atoms with van der Waals surface area (Å²) in [5.41, 5.74) is 19.6. The smallest absolute Gasteiger partial charge is 0.407 e. The Hall–Kier alpha value is -11.4. The summed E-state index contributed by atoms with van der Waals surface area (Å²) in [6.45, 7) is 10.8. The maximum Gasteiger partial charge on any atom is 0.407 e. The van der Waals surface area contributed by atoms with Crippen molar-refractivity contribution in [2.24, 2.45) is 35.1 Å². The molecule has 0 aliphatic carbocycles. The molecule has 9 rings (SSSR count). The van der Waals surface area contributed by atoms with Gasteiger partial charge in [-0.05, 0) is 192 Å². The standard InChI is InChI=1S/C54H71N5O11.C45H64N6O9/c1-5-7-10-19-44(47(60)33-43-34-59(52(43)65)70-36-49(62)68-4)56-50(63)37(3)32-48(61)46-21-15-31-58(46)53(66)45(20-13-14-30-55-54(67)69-35-39-17-11-9-12-18-39)57-51(64)42-28-26-41(27-29-42)40-24-22-38(23-25-40)16-8-6-2;1-4-5-11-31-15-17-32(18-16-31)33-19-21-34(22-20-33)43(56)49-37(13-7-9-24-47)45(58)50-25-10-14-38(50)40(53)26-30(2)42(55)48-36(12-6-8-23-46)39(52)27-35-28-51(44(35)57)60-29-41(54)59-3/h9,11-12,17-18,22-29,37,43-46H,5-8,10,13-16,19-21,30-36H2,1-4H3,(H,55,67)(H,56,63)(H,57,64);15-22,30,35-38H,4-14,23-29,46-47H2,1-3H3,(H,48,55)(H,49,56)/t37-,43-,44+,45+,46+;30-,35-,36+,37+,38+/m11/s1. The number of carbonyl (C=O) groups is 15. The number of esters is 2. The molecule has 4 fully saturated rings. The zero-order valence-corrected chi connectivity index (χ0v) is 76.7. The van der Waals surface area contributed by atoms with Gasteiger partial charge >= 0.3 is 18.0 Å². The molecule has 0 radical (unpaired) electrons. The van der Waals surface area contributed by atoms with Gasteiger partial charge < -0.3 is 62.1 Å². The predicted octanol–water partition coefficient (Wildman–Crippen LogP) is 10.7. The van der Waals surface area contributed by atoms with Crippen molar-refractivity contribution in [1.29, 1.82) is 0 Å². The third-order valence-electron chi connectivity index (χ3n) is 24.2. The van der Waals surface area contributed by atoms with Crippen LogP contribution in [0.5, 0.6) is 0 Å². The molecule has 5 aromatic rings. The van der Waals surface area contributed by atoms with Crippen molar-refractivity contribution in [3.8, 4) is 22.3 Å². The van der Waals surface area contributed by atoms with E-state index in [2.05, 4.69) is 98.4 Å². The number of unbranched alkanes of at least 4 members (excludes halogenated alkanes) is 7. The summed E-state index contributed by atoms with van der Waals surface area (Å²) in [5.74, 6) is -8.88. The minimum absolute atomic E-state index is 0.116. The number of aryl methyl sites for hydroxylation is 2. The molecule has 4 aliphatic heterocycles. The molecule has 5 aromatic carbocycles. The first-order chi connectivity index (χ1) is 62.7. The van der Waals surface area contributed by atoms with Crippen LogP contribution in [0, 0.1) is 23.7 Å². The number of rotatable bonds is 55. The molecule has 0 aromatic heterocycles. The Morgan fingerprint density at radius 3 is 1.19 bits per heavy atom. The lowest BCUT2D eigenvalue weighted by Crippen LogP contribution is -2.54. The van der Waals surface area contributed by atoms with Crippen molar-refractivity contribution in [1.82, 2.24) is 46.5 Å². The molecule has 4 heterocycles. The Morgan fingerprint density at radius 2 is 0.815 bits per heavy atom. The van der Waals surface area contributed by atoms with Gasteiger partial charge in [-0.25, -0.2) is 24.5 Å². The maximum atomic E-state index is 14.5. The van der Waals surface area contributed by atoms with Gasteiger partial charge in [0.2, 0.25) is 23.6 Å². The van der Waals surface area contributed by atoms with E-state index in [1.807, 2.05) is 61.5 Å². The van der Waals surface area contributed by atoms with Gasteiger partial charge in [0.15, 0.2) is 36.3 Å². The van der Waals surface area contributed by atoms with Crippen molar-refractivity contribution in [2.75, 3.05) is 73.2 Å². The van der Waals surface area contributed by atoms with Gasteiger partial charge in [-0.1, -0.05) is 170 Å². The van der Waals surface area contributed by atoms with Gasteiger partial charge in [0, 0.05) is 68.3 Å². The molecule has 706 valence electrons. The SMILES string of the molecule is CCCCC[C@H](NC(=O)[C@H](C)CC(=O)[C@@H]1CCCN1C(=O)[C@H](CCCCNC(=O)OCc1ccccc1)NC(=O)c1ccc(-c2ccc(CCCC)cc2)cc1)C(=O)C[C@@H]1CN(OCC(=O)OC)C1=O.CCCCc1ccc(-c2ccc(C(=O)N[C@@H](CCCCN)C(=O)N3CCC[C@H]3C(=O)C[C@@H](C)C(=O)N[C@@H](CCCCN)C(=O)C[C@@H]3CN(OCC(=O)OC)C3=O)cc2)cc1. The number of benzene rings is 5. The van der Waals surface area contributed by atoms with Gasteiger partial charge in [0.05, 0.1) is 63.3 Å². The number of amides is 9. The number of hydrogen-bond acceptors (Lipinski definition) is 22. The summed E-state index contributed by atoms with van der Waals surface area (Å²) in [6, 6.07) is 35.4. The first-order valence-electron chi connectivity index (χ1n) is 46.4. The molecule has 31 heteroatoms. The van der Waals surface area contributed by atoms with Crippen LogP contribution >= 0.6 is 0 Å². The molecule has 0 spiro atoms. The van der Waals surface area contributed by atoms with Gasteiger partial charge in [0.25, 0.3) is 23.6 Å². The van der Waals surface area contributed by atoms with Crippen LogP contribution in [0.2, 0.25) is 0 Å². The fraction of sp³-hybridized carbons (Fsp3) is 0.545. The molecule has 0 bridgehead atoms. The number of nitrogens with one attached hydrogen (secondary N) is 5. The van der Waals surface area contributed by atoms with Crippen molar-refractivity contribution in [3.05, 3.63) is 155 Å². The number of alkyl carbamates (subject to hydrolysis) is 1. The van der Waals surface area contributed by atoms with Gasteiger partial charge in [-0.3, -0.25) is 67.2 Å². The number of likely N-dealkylation sites (tertiary alicyclic amines) is 2. The van der Waals surface area contributed by atoms with Crippen LogP contribution < -0.4 is 38.1 Å². The highest BCUT2D eigenvalue weighted by Gasteiger charge is 2.45. The van der Waals surface area contributed by atoms with E-state index < -0.39 is 133 Å².